The Morgan fingerprint density at radius 2 is 2.00 bits per heavy atom. The van der Waals surface area contributed by atoms with E-state index in [4.69, 9.17) is 9.97 Å². The minimum absolute atomic E-state index is 0.726. The predicted molar refractivity (Wildman–Crippen MR) is 102 cm³/mol. The number of quaternary nitrogens is 1. The number of anilines is 1. The highest BCUT2D eigenvalue weighted by atomic mass is 32.1. The molecule has 1 aliphatic heterocycles. The first-order valence-corrected chi connectivity index (χ1v) is 9.44. The van der Waals surface area contributed by atoms with Gasteiger partial charge in [0.25, 0.3) is 0 Å². The molecule has 4 rings (SSSR count). The van der Waals surface area contributed by atoms with Crippen molar-refractivity contribution < 1.29 is 4.90 Å². The van der Waals surface area contributed by atoms with Crippen molar-refractivity contribution in [2.75, 3.05) is 38.7 Å². The Morgan fingerprint density at radius 1 is 1.20 bits per heavy atom. The number of pyridine rings is 1. The first-order chi connectivity index (χ1) is 12.1. The van der Waals surface area contributed by atoms with Crippen molar-refractivity contribution in [3.8, 4) is 11.4 Å². The molecule has 0 saturated carbocycles. The number of hydrogen-bond acceptors (Lipinski definition) is 6. The predicted octanol–water partition coefficient (Wildman–Crippen LogP) is 1.53. The van der Waals surface area contributed by atoms with Crippen LogP contribution in [0.25, 0.3) is 21.6 Å². The number of piperazine rings is 1. The summed E-state index contributed by atoms with van der Waals surface area (Å²) in [5.41, 5.74) is 5.77. The minimum Gasteiger partial charge on any atom is -0.335 e. The van der Waals surface area contributed by atoms with Gasteiger partial charge in [-0.1, -0.05) is 0 Å². The molecule has 6 nitrogen and oxygen atoms in total. The Hall–Kier alpha value is -2.09. The Balaban J connectivity index is 1.77. The lowest BCUT2D eigenvalue weighted by Gasteiger charge is -2.30. The minimum atomic E-state index is 0.726. The molecule has 0 aromatic carbocycles. The van der Waals surface area contributed by atoms with Crippen molar-refractivity contribution in [3.05, 3.63) is 35.0 Å². The van der Waals surface area contributed by atoms with Gasteiger partial charge in [0.15, 0.2) is 11.6 Å². The SMILES string of the molecule is Cc1sc2nc(-c3cccnc3)nc(NN3CC[NH+](C)CC3)c2c1C. The summed E-state index contributed by atoms with van der Waals surface area (Å²) >= 11 is 1.73. The number of nitrogens with zero attached hydrogens (tertiary/aromatic N) is 4. The van der Waals surface area contributed by atoms with Crippen molar-refractivity contribution >= 4 is 27.4 Å². The van der Waals surface area contributed by atoms with Gasteiger partial charge in [-0.3, -0.25) is 4.98 Å². The van der Waals surface area contributed by atoms with Crippen molar-refractivity contribution in [3.63, 3.8) is 0 Å². The summed E-state index contributed by atoms with van der Waals surface area (Å²) in [6, 6.07) is 3.93. The van der Waals surface area contributed by atoms with Crippen molar-refractivity contribution in [1.29, 1.82) is 0 Å². The van der Waals surface area contributed by atoms with E-state index in [1.165, 1.54) is 10.4 Å². The summed E-state index contributed by atoms with van der Waals surface area (Å²) in [7, 11) is 2.24. The smallest absolute Gasteiger partial charge is 0.164 e. The van der Waals surface area contributed by atoms with Crippen LogP contribution in [0.15, 0.2) is 24.5 Å². The van der Waals surface area contributed by atoms with Crippen molar-refractivity contribution in [2.24, 2.45) is 0 Å². The summed E-state index contributed by atoms with van der Waals surface area (Å²) in [5.74, 6) is 1.63. The van der Waals surface area contributed by atoms with Crippen LogP contribution in [0.3, 0.4) is 0 Å². The number of rotatable bonds is 3. The maximum absolute atomic E-state index is 4.85. The summed E-state index contributed by atoms with van der Waals surface area (Å²) in [5, 5.41) is 3.41. The van der Waals surface area contributed by atoms with Gasteiger partial charge in [0.2, 0.25) is 0 Å². The number of thiophene rings is 1. The van der Waals surface area contributed by atoms with E-state index in [1.807, 2.05) is 18.3 Å². The molecule has 1 saturated heterocycles. The van der Waals surface area contributed by atoms with Gasteiger partial charge in [0.05, 0.1) is 38.6 Å². The highest BCUT2D eigenvalue weighted by Crippen LogP contribution is 2.35. The van der Waals surface area contributed by atoms with Gasteiger partial charge in [0.1, 0.15) is 4.83 Å². The number of fused-ring (bicyclic) bond motifs is 1. The number of aryl methyl sites for hydroxylation is 2. The normalized spacial score (nSPS) is 16.4. The second-order valence-corrected chi connectivity index (χ2v) is 7.86. The lowest BCUT2D eigenvalue weighted by atomic mass is 10.2. The lowest BCUT2D eigenvalue weighted by Crippen LogP contribution is -3.12. The summed E-state index contributed by atoms with van der Waals surface area (Å²) in [4.78, 5) is 17.8. The molecule has 0 aliphatic carbocycles. The van der Waals surface area contributed by atoms with E-state index in [2.05, 4.69) is 36.3 Å². The van der Waals surface area contributed by atoms with Crippen LogP contribution in [0.4, 0.5) is 5.82 Å². The van der Waals surface area contributed by atoms with Crippen LogP contribution in [0, 0.1) is 13.8 Å². The average molecular weight is 355 g/mol. The molecule has 2 N–H and O–H groups in total. The quantitative estimate of drug-likeness (QED) is 0.746. The van der Waals surface area contributed by atoms with Crippen LogP contribution in [-0.4, -0.2) is 53.2 Å². The molecule has 3 aromatic rings. The molecule has 0 spiro atoms. The third-order valence-corrected chi connectivity index (χ3v) is 5.93. The maximum atomic E-state index is 4.85. The van der Waals surface area contributed by atoms with Crippen LogP contribution in [0.5, 0.6) is 0 Å². The average Bonchev–Trinajstić information content (AvgIpc) is 2.92. The molecule has 4 heterocycles. The van der Waals surface area contributed by atoms with E-state index in [-0.39, 0.29) is 0 Å². The molecule has 1 aliphatic rings. The van der Waals surface area contributed by atoms with E-state index in [9.17, 15) is 0 Å². The summed E-state index contributed by atoms with van der Waals surface area (Å²) in [6.07, 6.45) is 3.59. The maximum Gasteiger partial charge on any atom is 0.164 e. The fourth-order valence-corrected chi connectivity index (χ4v) is 4.13. The lowest BCUT2D eigenvalue weighted by molar-refractivity contribution is -0.884. The topological polar surface area (TPSA) is 58.4 Å². The molecule has 0 bridgehead atoms. The van der Waals surface area contributed by atoms with Crippen LogP contribution >= 0.6 is 11.3 Å². The van der Waals surface area contributed by atoms with Gasteiger partial charge in [-0.2, -0.15) is 0 Å². The largest absolute Gasteiger partial charge is 0.335 e. The molecule has 25 heavy (non-hydrogen) atoms. The third kappa shape index (κ3) is 3.22. The molecular weight excluding hydrogens is 332 g/mol. The molecule has 1 fully saturated rings. The Bertz CT molecular complexity index is 883. The molecule has 0 amide bonds. The van der Waals surface area contributed by atoms with Gasteiger partial charge in [-0.05, 0) is 31.5 Å². The van der Waals surface area contributed by atoms with Crippen molar-refractivity contribution in [2.45, 2.75) is 13.8 Å². The molecule has 130 valence electrons. The Labute approximate surface area is 151 Å². The van der Waals surface area contributed by atoms with Crippen LogP contribution < -0.4 is 10.3 Å². The number of hydrogen-bond donors (Lipinski definition) is 2. The van der Waals surface area contributed by atoms with E-state index in [0.29, 0.717) is 0 Å². The van der Waals surface area contributed by atoms with Crippen molar-refractivity contribution in [1.82, 2.24) is 20.0 Å². The summed E-state index contributed by atoms with van der Waals surface area (Å²) in [6.45, 7) is 8.61. The zero-order valence-electron chi connectivity index (χ0n) is 14.8. The monoisotopic (exact) mass is 355 g/mol. The van der Waals surface area contributed by atoms with Crippen LogP contribution in [-0.2, 0) is 0 Å². The highest BCUT2D eigenvalue weighted by Gasteiger charge is 2.20. The second-order valence-electron chi connectivity index (χ2n) is 6.66. The summed E-state index contributed by atoms with van der Waals surface area (Å²) < 4.78 is 0. The fourth-order valence-electron chi connectivity index (χ4n) is 3.10. The number of aromatic nitrogens is 3. The third-order valence-electron chi connectivity index (χ3n) is 4.83. The first kappa shape index (κ1) is 16.4. The van der Waals surface area contributed by atoms with Gasteiger partial charge < -0.3 is 10.3 Å². The molecule has 0 radical (unpaired) electrons. The fraction of sp³-hybridized carbons (Fsp3) is 0.389. The highest BCUT2D eigenvalue weighted by molar-refractivity contribution is 7.18. The number of nitrogens with one attached hydrogen (secondary N) is 2. The Kier molecular flexibility index (Phi) is 4.37. The molecule has 7 heteroatoms. The zero-order chi connectivity index (χ0) is 17.4. The standard InChI is InChI=1S/C18H22N6S/c1-12-13(2)25-18-15(12)17(22-24-9-7-23(3)8-10-24)20-16(21-18)14-5-4-6-19-11-14/h4-6,11H,7-10H2,1-3H3,(H,20,21,22)/p+1. The second kappa shape index (κ2) is 6.67. The van der Waals surface area contributed by atoms with Crippen LogP contribution in [0.2, 0.25) is 0 Å². The van der Waals surface area contributed by atoms with E-state index in [1.54, 1.807) is 22.4 Å². The van der Waals surface area contributed by atoms with E-state index >= 15 is 0 Å². The molecule has 0 atom stereocenters. The van der Waals surface area contributed by atoms with Gasteiger partial charge in [-0.25, -0.2) is 15.0 Å². The van der Waals surface area contributed by atoms with Crippen LogP contribution in [0.1, 0.15) is 10.4 Å². The van der Waals surface area contributed by atoms with E-state index in [0.717, 1.165) is 53.6 Å². The van der Waals surface area contributed by atoms with Gasteiger partial charge in [-0.15, -0.1) is 11.3 Å². The van der Waals surface area contributed by atoms with Gasteiger partial charge >= 0.3 is 0 Å². The molecule has 3 aromatic heterocycles. The zero-order valence-corrected chi connectivity index (χ0v) is 15.7. The first-order valence-electron chi connectivity index (χ1n) is 8.63. The van der Waals surface area contributed by atoms with E-state index < -0.39 is 0 Å². The number of likely N-dealkylation sites (N-methyl/N-ethyl adjacent to an activating group) is 1. The molecule has 0 unspecified atom stereocenters. The van der Waals surface area contributed by atoms with Gasteiger partial charge in [0, 0.05) is 22.8 Å². The molecular formula is C18H23N6S+. The number of hydrazine groups is 1. The Morgan fingerprint density at radius 3 is 2.72 bits per heavy atom.